The molecule has 1 aliphatic carbocycles. The summed E-state index contributed by atoms with van der Waals surface area (Å²) in [5, 5.41) is 15.9. The summed E-state index contributed by atoms with van der Waals surface area (Å²) in [5.41, 5.74) is 0. The van der Waals surface area contributed by atoms with E-state index in [1.807, 2.05) is 0 Å². The first-order chi connectivity index (χ1) is 5.90. The van der Waals surface area contributed by atoms with E-state index in [9.17, 15) is 0 Å². The Kier molecular flexibility index (Phi) is 2.63. The summed E-state index contributed by atoms with van der Waals surface area (Å²) in [6.07, 6.45) is 3.74. The van der Waals surface area contributed by atoms with E-state index in [0.717, 1.165) is 13.1 Å². The summed E-state index contributed by atoms with van der Waals surface area (Å²) in [7, 11) is 0. The maximum Gasteiger partial charge on any atom is 0.0474 e. The molecular formula is C9H18N2O. The summed E-state index contributed by atoms with van der Waals surface area (Å²) in [6, 6.07) is 1.25. The van der Waals surface area contributed by atoms with E-state index >= 15 is 0 Å². The zero-order valence-corrected chi connectivity index (χ0v) is 7.42. The first kappa shape index (κ1) is 8.48. The van der Waals surface area contributed by atoms with Crippen molar-refractivity contribution in [3.63, 3.8) is 0 Å². The Hall–Kier alpha value is -0.120. The van der Waals surface area contributed by atoms with Crippen LogP contribution in [0.25, 0.3) is 0 Å². The summed E-state index contributed by atoms with van der Waals surface area (Å²) >= 11 is 0. The highest BCUT2D eigenvalue weighted by Gasteiger charge is 2.29. The van der Waals surface area contributed by atoms with Gasteiger partial charge in [0.05, 0.1) is 0 Å². The molecular weight excluding hydrogens is 152 g/mol. The molecule has 0 aromatic heterocycles. The van der Waals surface area contributed by atoms with Crippen LogP contribution in [-0.2, 0) is 0 Å². The molecule has 0 spiro atoms. The van der Waals surface area contributed by atoms with Gasteiger partial charge < -0.3 is 15.7 Å². The Bertz CT molecular complexity index is 147. The third-order valence-electron chi connectivity index (χ3n) is 3.12. The lowest BCUT2D eigenvalue weighted by Crippen LogP contribution is -2.58. The zero-order valence-electron chi connectivity index (χ0n) is 7.42. The third-order valence-corrected chi connectivity index (χ3v) is 3.12. The lowest BCUT2D eigenvalue weighted by Gasteiger charge is -2.33. The van der Waals surface area contributed by atoms with Crippen LogP contribution in [-0.4, -0.2) is 36.9 Å². The van der Waals surface area contributed by atoms with Gasteiger partial charge in [-0.3, -0.25) is 0 Å². The molecule has 3 heteroatoms. The Morgan fingerprint density at radius 1 is 1.33 bits per heavy atom. The van der Waals surface area contributed by atoms with Crippen molar-refractivity contribution in [1.29, 1.82) is 0 Å². The van der Waals surface area contributed by atoms with Gasteiger partial charge in [0, 0.05) is 31.8 Å². The molecule has 1 saturated heterocycles. The molecule has 1 heterocycles. The number of aliphatic hydroxyl groups excluding tert-OH is 1. The molecule has 0 bridgehead atoms. The Morgan fingerprint density at radius 3 is 2.75 bits per heavy atom. The lowest BCUT2D eigenvalue weighted by atomic mass is 10.0. The third kappa shape index (κ3) is 1.63. The second-order valence-electron chi connectivity index (χ2n) is 4.00. The van der Waals surface area contributed by atoms with E-state index in [1.54, 1.807) is 0 Å². The number of rotatable bonds is 3. The molecule has 0 radical (unpaired) electrons. The molecule has 0 amide bonds. The SMILES string of the molecule is OC[C@@H]1CCC[C@@H]1NC1CNC1. The van der Waals surface area contributed by atoms with Crippen LogP contribution in [0.2, 0.25) is 0 Å². The van der Waals surface area contributed by atoms with Gasteiger partial charge in [-0.2, -0.15) is 0 Å². The Labute approximate surface area is 73.5 Å². The first-order valence-electron chi connectivity index (χ1n) is 4.98. The van der Waals surface area contributed by atoms with Gasteiger partial charge >= 0.3 is 0 Å². The molecule has 0 unspecified atom stereocenters. The second kappa shape index (κ2) is 3.73. The molecule has 2 atom stereocenters. The molecule has 12 heavy (non-hydrogen) atoms. The van der Waals surface area contributed by atoms with Crippen LogP contribution in [0.3, 0.4) is 0 Å². The number of aliphatic hydroxyl groups is 1. The van der Waals surface area contributed by atoms with Crippen LogP contribution in [0.4, 0.5) is 0 Å². The molecule has 3 nitrogen and oxygen atoms in total. The fourth-order valence-corrected chi connectivity index (χ4v) is 2.18. The van der Waals surface area contributed by atoms with E-state index in [2.05, 4.69) is 10.6 Å². The minimum atomic E-state index is 0.359. The maximum atomic E-state index is 9.08. The first-order valence-corrected chi connectivity index (χ1v) is 4.98. The van der Waals surface area contributed by atoms with Crippen LogP contribution in [0.1, 0.15) is 19.3 Å². The predicted octanol–water partition coefficient (Wildman–Crippen LogP) is -0.291. The summed E-state index contributed by atoms with van der Waals surface area (Å²) in [4.78, 5) is 0. The maximum absolute atomic E-state index is 9.08. The molecule has 0 aromatic carbocycles. The molecule has 2 rings (SSSR count). The van der Waals surface area contributed by atoms with Crippen LogP contribution in [0.5, 0.6) is 0 Å². The van der Waals surface area contributed by atoms with Crippen molar-refractivity contribution in [2.24, 2.45) is 5.92 Å². The van der Waals surface area contributed by atoms with Crippen molar-refractivity contribution in [3.8, 4) is 0 Å². The minimum Gasteiger partial charge on any atom is -0.396 e. The smallest absolute Gasteiger partial charge is 0.0474 e. The molecule has 3 N–H and O–H groups in total. The number of nitrogens with one attached hydrogen (secondary N) is 2. The molecule has 70 valence electrons. The lowest BCUT2D eigenvalue weighted by molar-refractivity contribution is 0.191. The highest BCUT2D eigenvalue weighted by molar-refractivity contribution is 4.90. The van der Waals surface area contributed by atoms with E-state index < -0.39 is 0 Å². The van der Waals surface area contributed by atoms with Crippen LogP contribution < -0.4 is 10.6 Å². The van der Waals surface area contributed by atoms with Crippen LogP contribution >= 0.6 is 0 Å². The summed E-state index contributed by atoms with van der Waals surface area (Å²) in [6.45, 7) is 2.57. The summed E-state index contributed by atoms with van der Waals surface area (Å²) in [5.74, 6) is 0.519. The van der Waals surface area contributed by atoms with Gasteiger partial charge in [0.25, 0.3) is 0 Å². The standard InChI is InChI=1S/C9H18N2O/c12-6-7-2-1-3-9(7)11-8-4-10-5-8/h7-12H,1-6H2/t7-,9-/m0/s1. The zero-order chi connectivity index (χ0) is 8.39. The van der Waals surface area contributed by atoms with Crippen molar-refractivity contribution in [1.82, 2.24) is 10.6 Å². The highest BCUT2D eigenvalue weighted by Crippen LogP contribution is 2.25. The van der Waals surface area contributed by atoms with E-state index in [1.165, 1.54) is 19.3 Å². The van der Waals surface area contributed by atoms with E-state index in [0.29, 0.717) is 24.6 Å². The Balaban J connectivity index is 1.77. The fraction of sp³-hybridized carbons (Fsp3) is 1.00. The average Bonchev–Trinajstić information content (AvgIpc) is 2.43. The van der Waals surface area contributed by atoms with Gasteiger partial charge in [-0.1, -0.05) is 6.42 Å². The largest absolute Gasteiger partial charge is 0.396 e. The monoisotopic (exact) mass is 170 g/mol. The van der Waals surface area contributed by atoms with Crippen molar-refractivity contribution in [2.75, 3.05) is 19.7 Å². The van der Waals surface area contributed by atoms with Crippen LogP contribution in [0.15, 0.2) is 0 Å². The van der Waals surface area contributed by atoms with Crippen molar-refractivity contribution >= 4 is 0 Å². The van der Waals surface area contributed by atoms with Crippen molar-refractivity contribution in [2.45, 2.75) is 31.3 Å². The van der Waals surface area contributed by atoms with Gasteiger partial charge in [0.15, 0.2) is 0 Å². The summed E-state index contributed by atoms with van der Waals surface area (Å²) < 4.78 is 0. The van der Waals surface area contributed by atoms with Gasteiger partial charge in [0.1, 0.15) is 0 Å². The van der Waals surface area contributed by atoms with E-state index in [4.69, 9.17) is 5.11 Å². The second-order valence-corrected chi connectivity index (χ2v) is 4.00. The topological polar surface area (TPSA) is 44.3 Å². The predicted molar refractivity (Wildman–Crippen MR) is 48.0 cm³/mol. The number of hydrogen-bond donors (Lipinski definition) is 3. The van der Waals surface area contributed by atoms with Crippen molar-refractivity contribution < 1.29 is 5.11 Å². The van der Waals surface area contributed by atoms with Crippen molar-refractivity contribution in [3.05, 3.63) is 0 Å². The number of hydrogen-bond acceptors (Lipinski definition) is 3. The molecule has 0 aromatic rings. The van der Waals surface area contributed by atoms with Gasteiger partial charge in [-0.15, -0.1) is 0 Å². The Morgan fingerprint density at radius 2 is 2.17 bits per heavy atom. The quantitative estimate of drug-likeness (QED) is 0.545. The van der Waals surface area contributed by atoms with Gasteiger partial charge in [-0.25, -0.2) is 0 Å². The average molecular weight is 170 g/mol. The minimum absolute atomic E-state index is 0.359. The highest BCUT2D eigenvalue weighted by atomic mass is 16.3. The molecule has 1 saturated carbocycles. The molecule has 2 fully saturated rings. The molecule has 2 aliphatic rings. The fourth-order valence-electron chi connectivity index (χ4n) is 2.18. The van der Waals surface area contributed by atoms with E-state index in [-0.39, 0.29) is 0 Å². The van der Waals surface area contributed by atoms with Crippen LogP contribution in [0, 0.1) is 5.92 Å². The van der Waals surface area contributed by atoms with Gasteiger partial charge in [0.2, 0.25) is 0 Å². The molecule has 1 aliphatic heterocycles. The normalized spacial score (nSPS) is 36.8. The van der Waals surface area contributed by atoms with Gasteiger partial charge in [-0.05, 0) is 18.8 Å².